The Balaban J connectivity index is 1.22. The van der Waals surface area contributed by atoms with Crippen LogP contribution in [0, 0.1) is 5.92 Å². The summed E-state index contributed by atoms with van der Waals surface area (Å²) >= 11 is 1.70. The Kier molecular flexibility index (Phi) is 5.19. The molecule has 1 aromatic carbocycles. The predicted molar refractivity (Wildman–Crippen MR) is 132 cm³/mol. The molecular weight excluding hydrogens is 430 g/mol. The molecule has 164 valence electrons. The highest BCUT2D eigenvalue weighted by Crippen LogP contribution is 2.41. The number of aryl methyl sites for hydroxylation is 2. The number of nitrogens with one attached hydrogen (secondary N) is 1. The van der Waals surface area contributed by atoms with Crippen molar-refractivity contribution >= 4 is 45.1 Å². The number of benzene rings is 1. The Labute approximate surface area is 195 Å². The van der Waals surface area contributed by atoms with E-state index in [1.807, 2.05) is 24.4 Å². The van der Waals surface area contributed by atoms with Crippen molar-refractivity contribution in [2.24, 2.45) is 10.9 Å². The van der Waals surface area contributed by atoms with Gasteiger partial charge in [-0.2, -0.15) is 0 Å². The van der Waals surface area contributed by atoms with E-state index in [0.29, 0.717) is 18.6 Å². The summed E-state index contributed by atoms with van der Waals surface area (Å²) in [5, 5.41) is 4.61. The molecule has 0 fully saturated rings. The number of anilines is 2. The second-order valence-electron chi connectivity index (χ2n) is 8.64. The summed E-state index contributed by atoms with van der Waals surface area (Å²) in [5.41, 5.74) is 5.69. The molecule has 7 heteroatoms. The van der Waals surface area contributed by atoms with Crippen molar-refractivity contribution in [1.29, 1.82) is 0 Å². The number of aromatic nitrogens is 3. The lowest BCUT2D eigenvalue weighted by Crippen LogP contribution is -2.22. The van der Waals surface area contributed by atoms with Gasteiger partial charge in [-0.05, 0) is 66.6 Å². The van der Waals surface area contributed by atoms with Crippen LogP contribution in [0.15, 0.2) is 53.9 Å². The largest absolute Gasteiger partial charge is 0.340 e. The maximum Gasteiger partial charge on any atom is 0.142 e. The number of ketones is 1. The standard InChI is InChI=1S/C26H23N5OS/c32-22(9-7-19-3-1-2-10-28-19)16-5-8-21-23(12-16)33-26-24(21)25(29-15-30-26)31-20-6-4-17-13-27-14-18(17)11-20/h1-4,6,10-11,14-16H,5,7-9,12-13H2,(H,29,30,31). The van der Waals surface area contributed by atoms with E-state index < -0.39 is 0 Å². The van der Waals surface area contributed by atoms with Gasteiger partial charge in [0.2, 0.25) is 0 Å². The highest BCUT2D eigenvalue weighted by Gasteiger charge is 2.29. The Bertz CT molecular complexity index is 1380. The van der Waals surface area contributed by atoms with E-state index in [1.54, 1.807) is 23.9 Å². The third-order valence-electron chi connectivity index (χ3n) is 6.55. The Morgan fingerprint density at radius 2 is 2.12 bits per heavy atom. The third kappa shape index (κ3) is 3.93. The lowest BCUT2D eigenvalue weighted by molar-refractivity contribution is -0.123. The first-order valence-electron chi connectivity index (χ1n) is 11.3. The van der Waals surface area contributed by atoms with Gasteiger partial charge in [0, 0.05) is 41.0 Å². The molecule has 0 spiro atoms. The molecule has 1 atom stereocenters. The Morgan fingerprint density at radius 1 is 1.15 bits per heavy atom. The SMILES string of the molecule is O=C(CCc1ccccn1)C1CCc2c(sc3ncnc(Nc4ccc5c(c4)C=NC5)c23)C1. The minimum absolute atomic E-state index is 0.0784. The molecule has 33 heavy (non-hydrogen) atoms. The van der Waals surface area contributed by atoms with Gasteiger partial charge in [-0.15, -0.1) is 11.3 Å². The fraction of sp³-hybridized carbons (Fsp3) is 0.269. The molecule has 0 amide bonds. The highest BCUT2D eigenvalue weighted by atomic mass is 32.1. The molecule has 3 aromatic heterocycles. The third-order valence-corrected chi connectivity index (χ3v) is 7.72. The van der Waals surface area contributed by atoms with Gasteiger partial charge < -0.3 is 5.32 Å². The van der Waals surface area contributed by atoms with Crippen molar-refractivity contribution in [2.45, 2.75) is 38.6 Å². The van der Waals surface area contributed by atoms with E-state index in [9.17, 15) is 4.79 Å². The van der Waals surface area contributed by atoms with Crippen LogP contribution in [0.5, 0.6) is 0 Å². The number of fused-ring (bicyclic) bond motifs is 4. The van der Waals surface area contributed by atoms with Crippen LogP contribution in [-0.2, 0) is 30.6 Å². The second-order valence-corrected chi connectivity index (χ2v) is 9.73. The van der Waals surface area contributed by atoms with Crippen LogP contribution in [0.1, 0.15) is 40.1 Å². The fourth-order valence-electron chi connectivity index (χ4n) is 4.80. The van der Waals surface area contributed by atoms with Gasteiger partial charge in [0.1, 0.15) is 22.8 Å². The predicted octanol–water partition coefficient (Wildman–Crippen LogP) is 5.07. The van der Waals surface area contributed by atoms with Gasteiger partial charge in [0.15, 0.2) is 0 Å². The van der Waals surface area contributed by atoms with Crippen LogP contribution < -0.4 is 5.32 Å². The van der Waals surface area contributed by atoms with Gasteiger partial charge in [-0.1, -0.05) is 12.1 Å². The van der Waals surface area contributed by atoms with Gasteiger partial charge in [0.05, 0.1) is 11.9 Å². The van der Waals surface area contributed by atoms with Crippen LogP contribution in [0.3, 0.4) is 0 Å². The maximum atomic E-state index is 12.9. The smallest absolute Gasteiger partial charge is 0.142 e. The van der Waals surface area contributed by atoms with Crippen LogP contribution >= 0.6 is 11.3 Å². The van der Waals surface area contributed by atoms with Gasteiger partial charge in [-0.3, -0.25) is 14.8 Å². The Morgan fingerprint density at radius 3 is 3.03 bits per heavy atom. The number of thiophene rings is 1. The Hall–Kier alpha value is -3.45. The number of nitrogens with zero attached hydrogens (tertiary/aromatic N) is 4. The first-order chi connectivity index (χ1) is 16.2. The number of aliphatic imine (C=N–C) groups is 1. The lowest BCUT2D eigenvalue weighted by Gasteiger charge is -2.21. The van der Waals surface area contributed by atoms with E-state index in [4.69, 9.17) is 0 Å². The minimum Gasteiger partial charge on any atom is -0.340 e. The van der Waals surface area contributed by atoms with Crippen molar-refractivity contribution in [3.05, 3.63) is 76.2 Å². The van der Waals surface area contributed by atoms with Crippen molar-refractivity contribution in [3.8, 4) is 0 Å². The summed E-state index contributed by atoms with van der Waals surface area (Å²) in [6, 6.07) is 12.2. The number of carbonyl (C=O) groups excluding carboxylic acids is 1. The van der Waals surface area contributed by atoms with Crippen LogP contribution in [0.4, 0.5) is 11.5 Å². The van der Waals surface area contributed by atoms with Crippen molar-refractivity contribution in [2.75, 3.05) is 5.32 Å². The summed E-state index contributed by atoms with van der Waals surface area (Å²) < 4.78 is 0. The second kappa shape index (κ2) is 8.48. The zero-order valence-corrected chi connectivity index (χ0v) is 18.9. The molecule has 0 bridgehead atoms. The first kappa shape index (κ1) is 20.2. The monoisotopic (exact) mass is 453 g/mol. The quantitative estimate of drug-likeness (QED) is 0.441. The van der Waals surface area contributed by atoms with E-state index in [1.165, 1.54) is 16.0 Å². The molecule has 1 aliphatic carbocycles. The normalized spacial score (nSPS) is 16.5. The molecule has 6 nitrogen and oxygen atoms in total. The number of hydrogen-bond donors (Lipinski definition) is 1. The van der Waals surface area contributed by atoms with Crippen molar-refractivity contribution < 1.29 is 4.79 Å². The van der Waals surface area contributed by atoms with Gasteiger partial charge in [-0.25, -0.2) is 9.97 Å². The van der Waals surface area contributed by atoms with Crippen LogP contribution in [0.2, 0.25) is 0 Å². The summed E-state index contributed by atoms with van der Waals surface area (Å²) in [4.78, 5) is 33.0. The topological polar surface area (TPSA) is 80.1 Å². The number of hydrogen-bond acceptors (Lipinski definition) is 7. The van der Waals surface area contributed by atoms with E-state index in [2.05, 4.69) is 43.5 Å². The molecule has 4 heterocycles. The molecule has 0 saturated heterocycles. The summed E-state index contributed by atoms with van der Waals surface area (Å²) in [5.74, 6) is 1.26. The van der Waals surface area contributed by atoms with E-state index >= 15 is 0 Å². The lowest BCUT2D eigenvalue weighted by atomic mass is 9.83. The molecule has 1 unspecified atom stereocenters. The molecule has 4 aromatic rings. The highest BCUT2D eigenvalue weighted by molar-refractivity contribution is 7.19. The fourth-order valence-corrected chi connectivity index (χ4v) is 6.06. The van der Waals surface area contributed by atoms with E-state index in [-0.39, 0.29) is 5.92 Å². The molecule has 1 aliphatic heterocycles. The molecule has 0 saturated carbocycles. The van der Waals surface area contributed by atoms with Crippen molar-refractivity contribution in [1.82, 2.24) is 15.0 Å². The summed E-state index contributed by atoms with van der Waals surface area (Å²) in [6.45, 7) is 0.757. The number of Topliss-reactive ketones (excluding diaryl/α,β-unsaturated/α-hetero) is 1. The number of carbonyl (C=O) groups is 1. The molecule has 1 N–H and O–H groups in total. The minimum atomic E-state index is 0.0784. The van der Waals surface area contributed by atoms with Gasteiger partial charge in [0.25, 0.3) is 0 Å². The maximum absolute atomic E-state index is 12.9. The first-order valence-corrected chi connectivity index (χ1v) is 12.1. The average Bonchev–Trinajstić information content (AvgIpc) is 3.47. The van der Waals surface area contributed by atoms with Gasteiger partial charge >= 0.3 is 0 Å². The molecular formula is C26H23N5OS. The zero-order valence-electron chi connectivity index (χ0n) is 18.1. The van der Waals surface area contributed by atoms with Crippen molar-refractivity contribution in [3.63, 3.8) is 0 Å². The molecule has 2 aliphatic rings. The summed E-state index contributed by atoms with van der Waals surface area (Å²) in [7, 11) is 0. The van der Waals surface area contributed by atoms with Crippen LogP contribution in [-0.4, -0.2) is 26.9 Å². The zero-order chi connectivity index (χ0) is 22.2. The van der Waals surface area contributed by atoms with Crippen LogP contribution in [0.25, 0.3) is 10.2 Å². The average molecular weight is 454 g/mol. The molecule has 0 radical (unpaired) electrons. The van der Waals surface area contributed by atoms with E-state index in [0.717, 1.165) is 58.8 Å². The number of pyridine rings is 1. The molecule has 6 rings (SSSR count). The summed E-state index contributed by atoms with van der Waals surface area (Å²) in [6.07, 6.45) is 9.15. The number of rotatable bonds is 6.